The highest BCUT2D eigenvalue weighted by Crippen LogP contribution is 2.40. The maximum atomic E-state index is 14.8. The Labute approximate surface area is 830 Å². The van der Waals surface area contributed by atoms with Gasteiger partial charge in [-0.2, -0.15) is 26.5 Å². The van der Waals surface area contributed by atoms with E-state index in [0.29, 0.717) is 69.6 Å². The molecule has 46 heteroatoms. The number of benzene rings is 10. The van der Waals surface area contributed by atoms with Crippen LogP contribution in [-0.4, -0.2) is 145 Å². The molecule has 6 N–H and O–H groups in total. The fourth-order valence-corrected chi connectivity index (χ4v) is 22.8. The number of pyridine rings is 1. The van der Waals surface area contributed by atoms with Crippen molar-refractivity contribution >= 4 is 119 Å². The van der Waals surface area contributed by atoms with Crippen LogP contribution in [0.25, 0.3) is 10.9 Å². The number of sulfonamides is 4. The largest absolute Gasteiger partial charge is 0.326 e. The summed E-state index contributed by atoms with van der Waals surface area (Å²) < 4.78 is 308. The summed E-state index contributed by atoms with van der Waals surface area (Å²) in [5.41, 5.74) is 4.39. The third-order valence-electron chi connectivity index (χ3n) is 25.4. The Morgan fingerprint density at radius 1 is 0.379 bits per heavy atom. The van der Waals surface area contributed by atoms with Gasteiger partial charge in [0.05, 0.1) is 56.1 Å². The maximum absolute atomic E-state index is 14.8. The number of tetrazole rings is 1. The van der Waals surface area contributed by atoms with E-state index in [1.165, 1.54) is 118 Å². The van der Waals surface area contributed by atoms with E-state index < -0.39 is 195 Å². The van der Waals surface area contributed by atoms with Gasteiger partial charge in [-0.25, -0.2) is 91.5 Å². The molecule has 3 fully saturated rings. The number of aromatic amines is 1. The Hall–Kier alpha value is -13.1. The Morgan fingerprint density at radius 3 is 0.993 bits per heavy atom. The Kier molecular flexibility index (Phi) is 35.0. The van der Waals surface area contributed by atoms with Gasteiger partial charge in [0.2, 0.25) is 53.7 Å². The third kappa shape index (κ3) is 25.7. The highest BCUT2D eigenvalue weighted by atomic mass is 32.2. The van der Waals surface area contributed by atoms with Crippen molar-refractivity contribution in [1.29, 1.82) is 0 Å². The zero-order valence-corrected chi connectivity index (χ0v) is 83.0. The summed E-state index contributed by atoms with van der Waals surface area (Å²) in [6.07, 6.45) is 18.4. The summed E-state index contributed by atoms with van der Waals surface area (Å²) in [6, 6.07) is 48.3. The van der Waals surface area contributed by atoms with Crippen LogP contribution >= 0.6 is 0 Å². The van der Waals surface area contributed by atoms with Crippen LogP contribution in [0.3, 0.4) is 0 Å². The summed E-state index contributed by atoms with van der Waals surface area (Å²) in [7, 11) is -21.3. The van der Waals surface area contributed by atoms with Crippen LogP contribution in [0.2, 0.25) is 0 Å². The van der Waals surface area contributed by atoms with Crippen LogP contribution in [0.4, 0.5) is 86.8 Å². The van der Waals surface area contributed by atoms with Crippen molar-refractivity contribution < 1.29 is 114 Å². The first kappa shape index (κ1) is 109. The SMILES string of the molecule is Cc1c(F)c(F)c(S(=O)(=O)N(C)CC(=O)N(Cc2ccc(C3CCCCC3)cc2)c2ccc(NC(=O)Cc3nn[nH]n3)cc2)c(F)c1F.Cc1c(F)c(F)c(S(=O)(=O)N(C)CC(=O)N(Cc2ccc(C3CCCCC3)cc2)c2ccc(NS(=O)(=O)c3cccc4ncccc34)cc2)c(F)c1F.Cc1c(F)c(F)c(S(=O)(=O)N(C)CC(=O)N(Cc2ccc(C3CCCCC3)cc2)c2ccc(NS(N)(=O)=O)cc2)c(F)c1F. The second-order valence-corrected chi connectivity index (χ2v) is 44.2. The summed E-state index contributed by atoms with van der Waals surface area (Å²) in [5.74, 6) is -25.2. The summed E-state index contributed by atoms with van der Waals surface area (Å²) in [4.78, 5) is 55.9. The number of fused-ring (bicyclic) bond motifs is 1. The number of likely N-dealkylation sites (N-methyl/N-ethyl adjacent to an activating group) is 3. The lowest BCUT2D eigenvalue weighted by molar-refractivity contribution is -0.119. The van der Waals surface area contributed by atoms with E-state index in [-0.39, 0.29) is 59.5 Å². The lowest BCUT2D eigenvalue weighted by atomic mass is 9.84. The summed E-state index contributed by atoms with van der Waals surface area (Å²) in [6.45, 7) is -0.721. The van der Waals surface area contributed by atoms with Crippen molar-refractivity contribution in [2.75, 3.05) is 70.2 Å². The first-order chi connectivity index (χ1) is 68.6. The van der Waals surface area contributed by atoms with E-state index in [2.05, 4.69) is 40.4 Å². The number of hydrogen-bond donors (Lipinski definition) is 5. The Morgan fingerprint density at radius 2 is 0.690 bits per heavy atom. The molecule has 3 saturated carbocycles. The number of carbonyl (C=O) groups is 4. The van der Waals surface area contributed by atoms with Crippen LogP contribution in [0, 0.1) is 90.6 Å². The van der Waals surface area contributed by atoms with Gasteiger partial charge in [-0.15, -0.1) is 10.2 Å². The predicted octanol–water partition coefficient (Wildman–Crippen LogP) is 18.0. The number of halogens is 12. The molecule has 0 aliphatic heterocycles. The second kappa shape index (κ2) is 46.5. The smallest absolute Gasteiger partial charge is 0.296 e. The van der Waals surface area contributed by atoms with E-state index in [1.54, 1.807) is 30.5 Å². The molecule has 15 rings (SSSR count). The molecule has 4 amide bonds. The highest BCUT2D eigenvalue weighted by Gasteiger charge is 2.41. The lowest BCUT2D eigenvalue weighted by Crippen LogP contribution is -2.41. The van der Waals surface area contributed by atoms with Crippen LogP contribution in [0.15, 0.2) is 202 Å². The van der Waals surface area contributed by atoms with Crippen molar-refractivity contribution in [3.8, 4) is 0 Å². The number of nitrogens with two attached hydrogens (primary N) is 1. The molecule has 145 heavy (non-hydrogen) atoms. The number of nitrogens with one attached hydrogen (secondary N) is 4. The Bertz CT molecular complexity index is 7310. The van der Waals surface area contributed by atoms with Crippen LogP contribution in [0.5, 0.6) is 0 Å². The van der Waals surface area contributed by atoms with Gasteiger partial charge in [-0.1, -0.05) is 142 Å². The zero-order chi connectivity index (χ0) is 105. The molecule has 10 aromatic carbocycles. The molecule has 0 atom stereocenters. The van der Waals surface area contributed by atoms with Crippen molar-refractivity contribution in [3.05, 3.63) is 308 Å². The number of H-pyrrole nitrogens is 1. The first-order valence-electron chi connectivity index (χ1n) is 45.7. The molecular formula is C99H101F12N15O14S5. The molecule has 3 aliphatic rings. The van der Waals surface area contributed by atoms with Gasteiger partial charge in [-0.3, -0.25) is 33.6 Å². The van der Waals surface area contributed by atoms with Gasteiger partial charge in [0.25, 0.3) is 20.2 Å². The highest BCUT2D eigenvalue weighted by molar-refractivity contribution is 7.93. The molecule has 0 unspecified atom stereocenters. The lowest BCUT2D eigenvalue weighted by Gasteiger charge is -2.27. The van der Waals surface area contributed by atoms with E-state index in [0.717, 1.165) is 130 Å². The van der Waals surface area contributed by atoms with Gasteiger partial charge >= 0.3 is 0 Å². The third-order valence-corrected chi connectivity index (χ3v) is 32.9. The summed E-state index contributed by atoms with van der Waals surface area (Å²) >= 11 is 0. The molecule has 0 spiro atoms. The normalized spacial score (nSPS) is 14.2. The molecule has 3 aliphatic carbocycles. The number of aromatic nitrogens is 5. The standard InChI is InChI=1S/C38H36F4N4O5S2.C32H33F4N7O4S.C29H32F4N4O5S2/c1-24-34(39)36(41)38(37(42)35(24)40)53(50,51)45(2)23-33(47)46(22-25-13-15-27(16-14-25)26-8-4-3-5-9-26)29-19-17-28(18-20-29)44-52(48,49)32-12-6-11-31-30(32)10-7-21-43-31;1-19-28(33)30(35)32(31(36)29(19)34)48(46,47)42(2)18-27(45)43(17-20-8-10-22(11-9-20)21-6-4-3-5-7-21)24-14-12-23(13-15-24)37-26(44)16-25-38-40-41-39-25;1-18-25(30)27(32)29(28(33)26(18)31)43(39,40)36(2)17-24(38)37(23-14-12-22(13-15-23)35-44(34,41)42)16-19-8-10-21(11-9-19)20-6-4-3-5-7-20/h6-7,10-21,26,44H,3-5,8-9,22-23H2,1-2H3;8-15,21H,3-7,16-18H2,1-2H3,(H,37,44)(H,38,39,40,41);8-15,20,35H,3-7,16-17H2,1-2H3,(H2,34,41,42). The minimum atomic E-state index is -5.26. The average Bonchev–Trinajstić information content (AvgIpc) is 0.866. The van der Waals surface area contributed by atoms with Crippen molar-refractivity contribution in [2.45, 2.75) is 180 Å². The Balaban J connectivity index is 0.000000183. The molecule has 2 heterocycles. The molecule has 0 radical (unpaired) electrons. The molecule has 2 aromatic heterocycles. The number of hydrogen-bond acceptors (Lipinski definition) is 18. The van der Waals surface area contributed by atoms with Crippen LogP contribution in [-0.2, 0) is 95.5 Å². The minimum Gasteiger partial charge on any atom is -0.326 e. The zero-order valence-electron chi connectivity index (χ0n) is 79.0. The number of nitrogens with zero attached hydrogens (tertiary/aromatic N) is 10. The van der Waals surface area contributed by atoms with Crippen LogP contribution < -0.4 is 34.6 Å². The van der Waals surface area contributed by atoms with Crippen molar-refractivity contribution in [2.24, 2.45) is 5.14 Å². The van der Waals surface area contributed by atoms with E-state index in [1.807, 2.05) is 72.8 Å². The van der Waals surface area contributed by atoms with Crippen molar-refractivity contribution in [1.82, 2.24) is 38.5 Å². The van der Waals surface area contributed by atoms with Gasteiger partial charge in [0.1, 0.15) is 0 Å². The van der Waals surface area contributed by atoms with Gasteiger partial charge in [-0.05, 0) is 207 Å². The minimum absolute atomic E-state index is 0.00566. The van der Waals surface area contributed by atoms with E-state index in [4.69, 9.17) is 5.14 Å². The number of rotatable bonds is 32. The monoisotopic (exact) mass is 2110 g/mol. The maximum Gasteiger partial charge on any atom is 0.296 e. The number of carbonyl (C=O) groups excluding carboxylic acids is 4. The molecule has 770 valence electrons. The predicted molar refractivity (Wildman–Crippen MR) is 518 cm³/mol. The fourth-order valence-electron chi connectivity index (χ4n) is 17.3. The van der Waals surface area contributed by atoms with Gasteiger partial charge in [0.15, 0.2) is 90.3 Å². The second-order valence-electron chi connectivity index (χ2n) is 35.4. The molecule has 0 saturated heterocycles. The molecule has 0 bridgehead atoms. The number of anilines is 6. The van der Waals surface area contributed by atoms with Gasteiger partial charge in [0, 0.05) is 83.5 Å². The molecule has 29 nitrogen and oxygen atoms in total. The van der Waals surface area contributed by atoms with E-state index in [9.17, 15) is 114 Å². The van der Waals surface area contributed by atoms with E-state index >= 15 is 0 Å². The van der Waals surface area contributed by atoms with Crippen LogP contribution in [0.1, 0.15) is 170 Å². The fraction of sp³-hybridized carbons (Fsp3) is 0.313. The number of amides is 4. The quantitative estimate of drug-likeness (QED) is 0.0193. The molecular weight excluding hydrogens is 2010 g/mol. The molecule has 12 aromatic rings. The summed E-state index contributed by atoms with van der Waals surface area (Å²) in [5, 5.41) is 21.2. The van der Waals surface area contributed by atoms with Gasteiger partial charge < -0.3 is 20.0 Å². The average molecular weight is 2110 g/mol. The topological polar surface area (TPSA) is 388 Å². The first-order valence-corrected chi connectivity index (χ1v) is 53.0. The van der Waals surface area contributed by atoms with Crippen molar-refractivity contribution in [3.63, 3.8) is 0 Å².